The molecule has 0 aliphatic heterocycles. The second kappa shape index (κ2) is 14.7. The molecule has 0 saturated carbocycles. The van der Waals surface area contributed by atoms with E-state index in [0.717, 1.165) is 88.1 Å². The monoisotopic (exact) mass is 790 g/mol. The van der Waals surface area contributed by atoms with E-state index in [1.54, 1.807) is 0 Å². The Hall–Kier alpha value is -8.48. The van der Waals surface area contributed by atoms with Crippen LogP contribution in [0.1, 0.15) is 0 Å². The predicted molar refractivity (Wildman–Crippen MR) is 253 cm³/mol. The van der Waals surface area contributed by atoms with Gasteiger partial charge in [0.2, 0.25) is 0 Å². The Kier molecular flexibility index (Phi) is 8.38. The van der Waals surface area contributed by atoms with Crippen LogP contribution >= 0.6 is 0 Å². The molecule has 0 bridgehead atoms. The van der Waals surface area contributed by atoms with Crippen molar-refractivity contribution in [1.82, 2.24) is 29.9 Å². The molecular formula is C56H34N6. The van der Waals surface area contributed by atoms with Crippen LogP contribution < -0.4 is 0 Å². The van der Waals surface area contributed by atoms with Crippen LogP contribution in [0.5, 0.6) is 0 Å². The van der Waals surface area contributed by atoms with E-state index in [0.29, 0.717) is 23.3 Å². The molecule has 62 heavy (non-hydrogen) atoms. The number of pyridine rings is 1. The van der Waals surface area contributed by atoms with E-state index < -0.39 is 0 Å². The quantitative estimate of drug-likeness (QED) is 0.123. The molecule has 0 fully saturated rings. The smallest absolute Gasteiger partial charge is 0.165 e. The molecule has 3 aromatic heterocycles. The number of benzene rings is 9. The van der Waals surface area contributed by atoms with Crippen LogP contribution in [0, 0.1) is 0 Å². The molecular weight excluding hydrogens is 757 g/mol. The maximum Gasteiger partial charge on any atom is 0.165 e. The van der Waals surface area contributed by atoms with Crippen molar-refractivity contribution in [3.8, 4) is 68.2 Å². The molecule has 6 nitrogen and oxygen atoms in total. The highest BCUT2D eigenvalue weighted by atomic mass is 15.0. The second-order valence-corrected chi connectivity index (χ2v) is 15.4. The Balaban J connectivity index is 1.16. The number of nitrogens with zero attached hydrogens (tertiary/aromatic N) is 6. The third kappa shape index (κ3) is 5.96. The Morgan fingerprint density at radius 2 is 0.694 bits per heavy atom. The van der Waals surface area contributed by atoms with Crippen molar-refractivity contribution in [3.63, 3.8) is 0 Å². The molecule has 0 aliphatic carbocycles. The number of hydrogen-bond donors (Lipinski definition) is 0. The molecule has 9 aromatic carbocycles. The van der Waals surface area contributed by atoms with Crippen LogP contribution in [0.2, 0.25) is 0 Å². The summed E-state index contributed by atoms with van der Waals surface area (Å²) in [5, 5.41) is 9.62. The lowest BCUT2D eigenvalue weighted by molar-refractivity contribution is 1.08. The fourth-order valence-corrected chi connectivity index (χ4v) is 8.89. The summed E-state index contributed by atoms with van der Waals surface area (Å²) in [6.45, 7) is 0. The molecule has 0 radical (unpaired) electrons. The van der Waals surface area contributed by atoms with Crippen molar-refractivity contribution in [2.45, 2.75) is 0 Å². The minimum Gasteiger partial charge on any atom is -0.245 e. The first-order valence-electron chi connectivity index (χ1n) is 20.7. The first-order valence-corrected chi connectivity index (χ1v) is 20.7. The van der Waals surface area contributed by atoms with Gasteiger partial charge in [-0.1, -0.05) is 194 Å². The number of rotatable bonds is 6. The van der Waals surface area contributed by atoms with Gasteiger partial charge in [-0.25, -0.2) is 29.9 Å². The largest absolute Gasteiger partial charge is 0.245 e. The highest BCUT2D eigenvalue weighted by molar-refractivity contribution is 6.23. The van der Waals surface area contributed by atoms with Crippen LogP contribution in [-0.4, -0.2) is 29.9 Å². The van der Waals surface area contributed by atoms with E-state index in [2.05, 4.69) is 127 Å². The average Bonchev–Trinajstić information content (AvgIpc) is 3.35. The Bertz CT molecular complexity index is 3550. The Morgan fingerprint density at radius 1 is 0.258 bits per heavy atom. The fourth-order valence-electron chi connectivity index (χ4n) is 8.89. The molecule has 0 saturated heterocycles. The van der Waals surface area contributed by atoms with Gasteiger partial charge in [0, 0.05) is 44.0 Å². The van der Waals surface area contributed by atoms with Gasteiger partial charge in [-0.05, 0) is 44.5 Å². The molecule has 0 amide bonds. The van der Waals surface area contributed by atoms with E-state index >= 15 is 0 Å². The van der Waals surface area contributed by atoms with E-state index in [-0.39, 0.29) is 0 Å². The predicted octanol–water partition coefficient (Wildman–Crippen LogP) is 13.8. The standard InChI is InChI=1S/C56H34N6/c1-4-19-36(20-5-1)47-34-48(52-45-33-32-35-18-10-11-25-39(35)49(45)44-30-16-17-31-46(44)57-52)59-55(58-47)50-40-26-12-14-28-42(40)51(43-29-15-13-27-41(43)50)56-61-53(37-21-6-2-7-22-37)60-54(62-56)38-23-8-3-9-24-38/h1-34H. The number of fused-ring (bicyclic) bond motifs is 7. The molecule has 12 aromatic rings. The molecule has 12 rings (SSSR count). The number of aromatic nitrogens is 6. The molecule has 3 heterocycles. The number of para-hydroxylation sites is 1. The van der Waals surface area contributed by atoms with Crippen LogP contribution in [0.4, 0.5) is 0 Å². The molecule has 0 unspecified atom stereocenters. The van der Waals surface area contributed by atoms with Gasteiger partial charge in [0.05, 0.1) is 22.6 Å². The molecule has 288 valence electrons. The molecule has 0 atom stereocenters. The van der Waals surface area contributed by atoms with Gasteiger partial charge in [0.25, 0.3) is 0 Å². The maximum atomic E-state index is 5.53. The summed E-state index contributed by atoms with van der Waals surface area (Å²) in [4.78, 5) is 31.8. The summed E-state index contributed by atoms with van der Waals surface area (Å²) >= 11 is 0. The van der Waals surface area contributed by atoms with Gasteiger partial charge in [0.15, 0.2) is 23.3 Å². The van der Waals surface area contributed by atoms with Crippen LogP contribution in [0.3, 0.4) is 0 Å². The van der Waals surface area contributed by atoms with Crippen LogP contribution in [0.25, 0.3) is 122 Å². The van der Waals surface area contributed by atoms with Gasteiger partial charge in [-0.15, -0.1) is 0 Å². The Labute approximate surface area is 357 Å². The highest BCUT2D eigenvalue weighted by Crippen LogP contribution is 2.44. The highest BCUT2D eigenvalue weighted by Gasteiger charge is 2.24. The molecule has 0 aliphatic rings. The van der Waals surface area contributed by atoms with Crippen molar-refractivity contribution in [2.75, 3.05) is 0 Å². The van der Waals surface area contributed by atoms with Gasteiger partial charge >= 0.3 is 0 Å². The maximum absolute atomic E-state index is 5.53. The zero-order chi connectivity index (χ0) is 41.0. The molecule has 0 N–H and O–H groups in total. The zero-order valence-corrected chi connectivity index (χ0v) is 33.3. The minimum atomic E-state index is 0.593. The third-order valence-corrected chi connectivity index (χ3v) is 11.7. The van der Waals surface area contributed by atoms with E-state index in [9.17, 15) is 0 Å². The summed E-state index contributed by atoms with van der Waals surface area (Å²) < 4.78 is 0. The lowest BCUT2D eigenvalue weighted by Gasteiger charge is -2.18. The van der Waals surface area contributed by atoms with Crippen LogP contribution in [0.15, 0.2) is 206 Å². The molecule has 0 spiro atoms. The van der Waals surface area contributed by atoms with Crippen molar-refractivity contribution in [2.24, 2.45) is 0 Å². The number of hydrogen-bond acceptors (Lipinski definition) is 6. The third-order valence-electron chi connectivity index (χ3n) is 11.7. The van der Waals surface area contributed by atoms with Gasteiger partial charge in [-0.3, -0.25) is 0 Å². The lowest BCUT2D eigenvalue weighted by Crippen LogP contribution is -2.02. The average molecular weight is 791 g/mol. The normalized spacial score (nSPS) is 11.5. The van der Waals surface area contributed by atoms with Crippen LogP contribution in [-0.2, 0) is 0 Å². The van der Waals surface area contributed by atoms with Crippen molar-refractivity contribution in [3.05, 3.63) is 206 Å². The second-order valence-electron chi connectivity index (χ2n) is 15.4. The first-order chi connectivity index (χ1) is 30.7. The van der Waals surface area contributed by atoms with Crippen molar-refractivity contribution < 1.29 is 0 Å². The summed E-state index contributed by atoms with van der Waals surface area (Å²) in [5.74, 6) is 2.42. The molecule has 6 heteroatoms. The Morgan fingerprint density at radius 3 is 1.27 bits per heavy atom. The first kappa shape index (κ1) is 35.5. The lowest BCUT2D eigenvalue weighted by atomic mass is 9.90. The van der Waals surface area contributed by atoms with E-state index in [4.69, 9.17) is 29.9 Å². The summed E-state index contributed by atoms with van der Waals surface area (Å²) in [5.41, 5.74) is 7.95. The van der Waals surface area contributed by atoms with Gasteiger partial charge in [-0.2, -0.15) is 0 Å². The van der Waals surface area contributed by atoms with Gasteiger partial charge in [0.1, 0.15) is 0 Å². The summed E-state index contributed by atoms with van der Waals surface area (Å²) in [6, 6.07) is 70.9. The van der Waals surface area contributed by atoms with Crippen molar-refractivity contribution >= 4 is 54.0 Å². The van der Waals surface area contributed by atoms with E-state index in [1.165, 1.54) is 10.8 Å². The van der Waals surface area contributed by atoms with Crippen molar-refractivity contribution in [1.29, 1.82) is 0 Å². The fraction of sp³-hybridized carbons (Fsp3) is 0. The summed E-state index contributed by atoms with van der Waals surface area (Å²) in [6.07, 6.45) is 0. The topological polar surface area (TPSA) is 77.3 Å². The summed E-state index contributed by atoms with van der Waals surface area (Å²) in [7, 11) is 0. The zero-order valence-electron chi connectivity index (χ0n) is 33.3. The SMILES string of the molecule is c1ccc(-c2cc(-c3nc4ccccc4c4c3ccc3ccccc34)nc(-c3c4ccccc4c(-c4nc(-c5ccccc5)nc(-c5ccccc5)n4)c4ccccc34)n2)cc1. The van der Waals surface area contributed by atoms with E-state index in [1.807, 2.05) is 78.9 Å². The minimum absolute atomic E-state index is 0.593. The van der Waals surface area contributed by atoms with Gasteiger partial charge < -0.3 is 0 Å².